The molecule has 1 saturated heterocycles. The lowest BCUT2D eigenvalue weighted by molar-refractivity contribution is -0.240. The minimum atomic E-state index is -4.81. The molecule has 0 aromatic heterocycles. The molecule has 1 aliphatic heterocycles. The summed E-state index contributed by atoms with van der Waals surface area (Å²) in [6, 6.07) is 10.9. The molecule has 39 heavy (non-hydrogen) atoms. The summed E-state index contributed by atoms with van der Waals surface area (Å²) in [4.78, 5) is 2.37. The van der Waals surface area contributed by atoms with Crippen LogP contribution in [0.2, 0.25) is 0 Å². The number of rotatable bonds is 8. The van der Waals surface area contributed by atoms with Gasteiger partial charge in [0.1, 0.15) is 17.8 Å². The molecular weight excluding hydrogens is 520 g/mol. The summed E-state index contributed by atoms with van der Waals surface area (Å²) in [6.07, 6.45) is -7.15. The molecule has 3 unspecified atom stereocenters. The van der Waals surface area contributed by atoms with Crippen molar-refractivity contribution >= 4 is 0 Å². The quantitative estimate of drug-likeness (QED) is 0.365. The molecule has 4 rings (SSSR count). The number of para-hydroxylation sites is 1. The van der Waals surface area contributed by atoms with Crippen molar-refractivity contribution in [2.24, 2.45) is 0 Å². The van der Waals surface area contributed by atoms with E-state index in [4.69, 9.17) is 4.74 Å². The van der Waals surface area contributed by atoms with Crippen molar-refractivity contribution in [2.75, 3.05) is 26.7 Å². The van der Waals surface area contributed by atoms with Crippen LogP contribution in [0.4, 0.5) is 26.3 Å². The molecule has 2 aliphatic rings. The molecular formula is C29H37F6N3O. The maximum Gasteiger partial charge on any atom is 0.405 e. The molecule has 216 valence electrons. The van der Waals surface area contributed by atoms with Crippen LogP contribution in [0.5, 0.6) is 5.75 Å². The molecule has 4 nitrogen and oxygen atoms in total. The number of halogens is 6. The lowest BCUT2D eigenvalue weighted by atomic mass is 9.91. The van der Waals surface area contributed by atoms with Gasteiger partial charge in [0.05, 0.1) is 13.2 Å². The van der Waals surface area contributed by atoms with Gasteiger partial charge < -0.3 is 10.1 Å². The lowest BCUT2D eigenvalue weighted by Crippen LogP contribution is -2.61. The van der Waals surface area contributed by atoms with Gasteiger partial charge in [0.2, 0.25) is 0 Å². The van der Waals surface area contributed by atoms with Crippen molar-refractivity contribution in [3.05, 3.63) is 65.7 Å². The minimum Gasteiger partial charge on any atom is -0.496 e. The fourth-order valence-corrected chi connectivity index (χ4v) is 6.17. The number of nitrogens with one attached hydrogen (secondary N) is 1. The van der Waals surface area contributed by atoms with Crippen molar-refractivity contribution in [1.29, 1.82) is 0 Å². The van der Waals surface area contributed by atoms with Crippen LogP contribution >= 0.6 is 0 Å². The number of hydrogen-bond donors (Lipinski definition) is 1. The maximum atomic E-state index is 14.7. The van der Waals surface area contributed by atoms with Crippen molar-refractivity contribution in [3.63, 3.8) is 0 Å². The largest absolute Gasteiger partial charge is 0.496 e. The van der Waals surface area contributed by atoms with E-state index in [2.05, 4.69) is 5.32 Å². The Bertz CT molecular complexity index is 1030. The third-order valence-corrected chi connectivity index (χ3v) is 8.02. The van der Waals surface area contributed by atoms with Gasteiger partial charge >= 0.3 is 12.4 Å². The van der Waals surface area contributed by atoms with E-state index in [9.17, 15) is 26.3 Å². The van der Waals surface area contributed by atoms with Crippen LogP contribution in [0, 0.1) is 0 Å². The van der Waals surface area contributed by atoms with Gasteiger partial charge in [-0.3, -0.25) is 9.80 Å². The Morgan fingerprint density at radius 3 is 2.13 bits per heavy atom. The van der Waals surface area contributed by atoms with Gasteiger partial charge in [-0.05, 0) is 30.9 Å². The van der Waals surface area contributed by atoms with Crippen LogP contribution < -0.4 is 10.1 Å². The second-order valence-corrected chi connectivity index (χ2v) is 10.5. The summed E-state index contributed by atoms with van der Waals surface area (Å²) in [7, 11) is 1.48. The zero-order chi connectivity index (χ0) is 28.0. The minimum absolute atomic E-state index is 0.115. The van der Waals surface area contributed by atoms with Crippen LogP contribution in [0.3, 0.4) is 0 Å². The average molecular weight is 558 g/mol. The highest BCUT2D eigenvalue weighted by Crippen LogP contribution is 2.42. The number of hydrogen-bond acceptors (Lipinski definition) is 4. The third kappa shape index (κ3) is 7.46. The average Bonchev–Trinajstić information content (AvgIpc) is 3.13. The Kier molecular flexibility index (Phi) is 9.82. The number of nitrogens with zero attached hydrogens (tertiary/aromatic N) is 2. The van der Waals surface area contributed by atoms with E-state index < -0.39 is 49.5 Å². The van der Waals surface area contributed by atoms with Crippen LogP contribution in [-0.2, 0) is 6.54 Å². The fraction of sp³-hybridized carbons (Fsp3) is 0.586. The summed E-state index contributed by atoms with van der Waals surface area (Å²) < 4.78 is 92.7. The predicted molar refractivity (Wildman–Crippen MR) is 138 cm³/mol. The highest BCUT2D eigenvalue weighted by molar-refractivity contribution is 5.36. The topological polar surface area (TPSA) is 27.7 Å². The maximum absolute atomic E-state index is 14.7. The van der Waals surface area contributed by atoms with Crippen molar-refractivity contribution < 1.29 is 31.1 Å². The van der Waals surface area contributed by atoms with Gasteiger partial charge in [0, 0.05) is 37.8 Å². The highest BCUT2D eigenvalue weighted by atomic mass is 19.4. The molecule has 0 radical (unpaired) electrons. The molecule has 2 aromatic carbocycles. The molecule has 3 atom stereocenters. The summed E-state index contributed by atoms with van der Waals surface area (Å²) in [5.41, 5.74) is 1.65. The Labute approximate surface area is 226 Å². The molecule has 2 fully saturated rings. The SMILES string of the molecule is COc1ccccc1C(CNCc1ccccc1)N1CCC(C(F)(F)F)N(C2CCCCC2)C(C(F)(F)F)C1. The standard InChI is InChI=1S/C29H37F6N3O/c1-39-25-15-9-8-14-23(25)24(19-36-18-21-10-4-2-5-11-21)37-17-16-26(28(30,31)32)38(22-12-6-3-7-13-22)27(20-37)29(33,34)35/h2,4-5,8-11,14-15,22,24,26-27,36H,3,6-7,12-13,16-20H2,1H3. The first-order valence-electron chi connectivity index (χ1n) is 13.6. The van der Waals surface area contributed by atoms with Gasteiger partial charge in [-0.1, -0.05) is 67.8 Å². The predicted octanol–water partition coefficient (Wildman–Crippen LogP) is 6.73. The lowest BCUT2D eigenvalue weighted by Gasteiger charge is -2.44. The zero-order valence-corrected chi connectivity index (χ0v) is 22.1. The Morgan fingerprint density at radius 1 is 0.846 bits per heavy atom. The molecule has 0 spiro atoms. The number of benzene rings is 2. The highest BCUT2D eigenvalue weighted by Gasteiger charge is 2.56. The first-order valence-corrected chi connectivity index (χ1v) is 13.6. The van der Waals surface area contributed by atoms with E-state index in [0.29, 0.717) is 43.5 Å². The van der Waals surface area contributed by atoms with Crippen LogP contribution in [0.15, 0.2) is 54.6 Å². The van der Waals surface area contributed by atoms with Crippen molar-refractivity contribution in [1.82, 2.24) is 15.1 Å². The van der Waals surface area contributed by atoms with Crippen molar-refractivity contribution in [2.45, 2.75) is 81.6 Å². The summed E-state index contributed by atoms with van der Waals surface area (Å²) in [5, 5.41) is 3.32. The Morgan fingerprint density at radius 2 is 1.49 bits per heavy atom. The molecule has 0 amide bonds. The summed E-state index contributed by atoms with van der Waals surface area (Å²) >= 11 is 0. The molecule has 1 N–H and O–H groups in total. The van der Waals surface area contributed by atoms with Crippen LogP contribution in [0.1, 0.15) is 55.7 Å². The molecule has 1 saturated carbocycles. The Balaban J connectivity index is 1.69. The molecule has 2 aromatic rings. The second kappa shape index (κ2) is 12.9. The van der Waals surface area contributed by atoms with Gasteiger partial charge in [0.15, 0.2) is 0 Å². The normalized spacial score (nSPS) is 23.4. The molecule has 0 bridgehead atoms. The smallest absolute Gasteiger partial charge is 0.405 e. The Hall–Kier alpha value is -2.30. The molecule has 1 heterocycles. The zero-order valence-electron chi connectivity index (χ0n) is 22.1. The first-order chi connectivity index (χ1) is 18.6. The second-order valence-electron chi connectivity index (χ2n) is 10.5. The van der Waals surface area contributed by atoms with Gasteiger partial charge in [-0.25, -0.2) is 0 Å². The van der Waals surface area contributed by atoms with E-state index in [1.807, 2.05) is 30.3 Å². The van der Waals surface area contributed by atoms with Crippen LogP contribution in [0.25, 0.3) is 0 Å². The summed E-state index contributed by atoms with van der Waals surface area (Å²) in [6.45, 7) is 0.0698. The van der Waals surface area contributed by atoms with Gasteiger partial charge in [-0.2, -0.15) is 26.3 Å². The van der Waals surface area contributed by atoms with E-state index in [1.54, 1.807) is 29.2 Å². The summed E-state index contributed by atoms with van der Waals surface area (Å²) in [5.74, 6) is 0.494. The van der Waals surface area contributed by atoms with E-state index in [0.717, 1.165) is 16.9 Å². The van der Waals surface area contributed by atoms with E-state index >= 15 is 0 Å². The molecule has 10 heteroatoms. The number of ether oxygens (including phenoxy) is 1. The number of alkyl halides is 6. The van der Waals surface area contributed by atoms with E-state index in [-0.39, 0.29) is 13.1 Å². The molecule has 1 aliphatic carbocycles. The van der Waals surface area contributed by atoms with Crippen molar-refractivity contribution in [3.8, 4) is 5.75 Å². The first kappa shape index (κ1) is 29.7. The van der Waals surface area contributed by atoms with Gasteiger partial charge in [0.25, 0.3) is 0 Å². The van der Waals surface area contributed by atoms with Gasteiger partial charge in [-0.15, -0.1) is 0 Å². The van der Waals surface area contributed by atoms with E-state index in [1.165, 1.54) is 7.11 Å². The fourth-order valence-electron chi connectivity index (χ4n) is 6.17. The monoisotopic (exact) mass is 557 g/mol. The van der Waals surface area contributed by atoms with Crippen LogP contribution in [-0.4, -0.2) is 67.0 Å². The third-order valence-electron chi connectivity index (χ3n) is 8.02. The number of methoxy groups -OCH3 is 1.